The SMILES string of the molecule is O=C(CCOCC(F)(F)F)NCC1(CCO)CC1. The molecule has 0 spiro atoms. The summed E-state index contributed by atoms with van der Waals surface area (Å²) in [5.41, 5.74) is 0.0111. The number of nitrogens with one attached hydrogen (secondary N) is 1. The average molecular weight is 269 g/mol. The molecule has 0 aromatic carbocycles. The van der Waals surface area contributed by atoms with Crippen molar-refractivity contribution in [3.05, 3.63) is 0 Å². The standard InChI is InChI=1S/C11H18F3NO3/c12-11(13,14)8-18-6-1-9(17)15-7-10(2-3-10)4-5-16/h16H,1-8H2,(H,15,17). The summed E-state index contributed by atoms with van der Waals surface area (Å²) in [6.45, 7) is -0.997. The number of carbonyl (C=O) groups excluding carboxylic acids is 1. The lowest BCUT2D eigenvalue weighted by Crippen LogP contribution is -2.31. The van der Waals surface area contributed by atoms with Gasteiger partial charge in [0, 0.05) is 19.6 Å². The Balaban J connectivity index is 2.04. The number of rotatable bonds is 8. The fourth-order valence-corrected chi connectivity index (χ4v) is 1.66. The molecule has 1 saturated carbocycles. The van der Waals surface area contributed by atoms with Gasteiger partial charge < -0.3 is 15.2 Å². The molecular weight excluding hydrogens is 251 g/mol. The molecule has 1 rings (SSSR count). The number of amides is 1. The van der Waals surface area contributed by atoms with E-state index in [1.807, 2.05) is 0 Å². The summed E-state index contributed by atoms with van der Waals surface area (Å²) < 4.78 is 39.5. The van der Waals surface area contributed by atoms with E-state index in [1.165, 1.54) is 0 Å². The van der Waals surface area contributed by atoms with Crippen LogP contribution in [0.2, 0.25) is 0 Å². The van der Waals surface area contributed by atoms with Crippen molar-refractivity contribution < 1.29 is 27.8 Å². The van der Waals surface area contributed by atoms with Gasteiger partial charge in [0.05, 0.1) is 6.61 Å². The maximum absolute atomic E-state index is 11.7. The van der Waals surface area contributed by atoms with E-state index in [0.717, 1.165) is 12.8 Å². The predicted molar refractivity (Wildman–Crippen MR) is 57.9 cm³/mol. The molecule has 0 radical (unpaired) electrons. The Morgan fingerprint density at radius 1 is 1.39 bits per heavy atom. The molecule has 1 aliphatic rings. The zero-order chi connectivity index (χ0) is 13.6. The van der Waals surface area contributed by atoms with Crippen LogP contribution < -0.4 is 5.32 Å². The molecule has 0 aromatic heterocycles. The predicted octanol–water partition coefficient (Wildman–Crippen LogP) is 1.23. The van der Waals surface area contributed by atoms with Crippen LogP contribution in [-0.4, -0.2) is 43.6 Å². The molecule has 18 heavy (non-hydrogen) atoms. The minimum atomic E-state index is -4.35. The van der Waals surface area contributed by atoms with Crippen molar-refractivity contribution in [2.45, 2.75) is 31.9 Å². The van der Waals surface area contributed by atoms with Crippen molar-refractivity contribution in [2.24, 2.45) is 5.41 Å². The van der Waals surface area contributed by atoms with Gasteiger partial charge >= 0.3 is 6.18 Å². The summed E-state index contributed by atoms with van der Waals surface area (Å²) in [5.74, 6) is -0.318. The third kappa shape index (κ3) is 6.20. The lowest BCUT2D eigenvalue weighted by Gasteiger charge is -2.14. The third-order valence-electron chi connectivity index (χ3n) is 3.00. The second-order valence-corrected chi connectivity index (χ2v) is 4.67. The van der Waals surface area contributed by atoms with E-state index in [9.17, 15) is 18.0 Å². The van der Waals surface area contributed by atoms with Gasteiger partial charge in [-0.05, 0) is 24.7 Å². The first kappa shape index (κ1) is 15.2. The first-order valence-electron chi connectivity index (χ1n) is 5.89. The Labute approximate surface area is 103 Å². The Morgan fingerprint density at radius 3 is 2.56 bits per heavy atom. The van der Waals surface area contributed by atoms with Crippen LogP contribution in [0.15, 0.2) is 0 Å². The summed E-state index contributed by atoms with van der Waals surface area (Å²) in [4.78, 5) is 11.3. The van der Waals surface area contributed by atoms with Crippen LogP contribution in [0, 0.1) is 5.41 Å². The Morgan fingerprint density at radius 2 is 2.06 bits per heavy atom. The lowest BCUT2D eigenvalue weighted by molar-refractivity contribution is -0.174. The molecule has 4 nitrogen and oxygen atoms in total. The van der Waals surface area contributed by atoms with Gasteiger partial charge in [-0.3, -0.25) is 4.79 Å². The van der Waals surface area contributed by atoms with Gasteiger partial charge in [0.15, 0.2) is 0 Å². The topological polar surface area (TPSA) is 58.6 Å². The molecule has 0 bridgehead atoms. The summed E-state index contributed by atoms with van der Waals surface area (Å²) >= 11 is 0. The maximum Gasteiger partial charge on any atom is 0.411 e. The van der Waals surface area contributed by atoms with Crippen LogP contribution in [0.5, 0.6) is 0 Å². The van der Waals surface area contributed by atoms with Crippen LogP contribution in [0.25, 0.3) is 0 Å². The van der Waals surface area contributed by atoms with E-state index >= 15 is 0 Å². The van der Waals surface area contributed by atoms with E-state index in [1.54, 1.807) is 0 Å². The fourth-order valence-electron chi connectivity index (χ4n) is 1.66. The molecule has 0 heterocycles. The molecule has 1 fully saturated rings. The van der Waals surface area contributed by atoms with Gasteiger partial charge in [-0.25, -0.2) is 0 Å². The van der Waals surface area contributed by atoms with Gasteiger partial charge in [0.1, 0.15) is 6.61 Å². The van der Waals surface area contributed by atoms with Crippen molar-refractivity contribution >= 4 is 5.91 Å². The Kier molecular flexibility index (Phi) is 5.40. The summed E-state index contributed by atoms with van der Waals surface area (Å²) in [6.07, 6.45) is -1.84. The minimum Gasteiger partial charge on any atom is -0.396 e. The van der Waals surface area contributed by atoms with E-state index < -0.39 is 12.8 Å². The largest absolute Gasteiger partial charge is 0.411 e. The molecule has 1 aliphatic carbocycles. The molecule has 0 unspecified atom stereocenters. The van der Waals surface area contributed by atoms with Gasteiger partial charge in [0.2, 0.25) is 5.91 Å². The number of aliphatic hydroxyl groups is 1. The fraction of sp³-hybridized carbons (Fsp3) is 0.909. The number of hydrogen-bond acceptors (Lipinski definition) is 3. The molecule has 0 saturated heterocycles. The van der Waals surface area contributed by atoms with Gasteiger partial charge in [-0.15, -0.1) is 0 Å². The lowest BCUT2D eigenvalue weighted by atomic mass is 10.0. The van der Waals surface area contributed by atoms with E-state index in [4.69, 9.17) is 5.11 Å². The smallest absolute Gasteiger partial charge is 0.396 e. The highest BCUT2D eigenvalue weighted by molar-refractivity contribution is 5.76. The summed E-state index contributed by atoms with van der Waals surface area (Å²) in [6, 6.07) is 0. The number of halogens is 3. The van der Waals surface area contributed by atoms with Crippen LogP contribution in [0.3, 0.4) is 0 Å². The molecule has 7 heteroatoms. The maximum atomic E-state index is 11.7. The Bertz CT molecular complexity index is 277. The highest BCUT2D eigenvalue weighted by Crippen LogP contribution is 2.47. The van der Waals surface area contributed by atoms with Crippen molar-refractivity contribution in [3.63, 3.8) is 0 Å². The first-order valence-corrected chi connectivity index (χ1v) is 5.89. The third-order valence-corrected chi connectivity index (χ3v) is 3.00. The van der Waals surface area contributed by atoms with Crippen molar-refractivity contribution in [1.29, 1.82) is 0 Å². The number of alkyl halides is 3. The monoisotopic (exact) mass is 269 g/mol. The number of hydrogen-bond donors (Lipinski definition) is 2. The van der Waals surface area contributed by atoms with Crippen LogP contribution >= 0.6 is 0 Å². The zero-order valence-corrected chi connectivity index (χ0v) is 10.1. The van der Waals surface area contributed by atoms with Crippen molar-refractivity contribution in [2.75, 3.05) is 26.4 Å². The molecular formula is C11H18F3NO3. The van der Waals surface area contributed by atoms with Crippen molar-refractivity contribution in [3.8, 4) is 0 Å². The molecule has 0 atom stereocenters. The Hall–Kier alpha value is -0.820. The van der Waals surface area contributed by atoms with Gasteiger partial charge in [-0.1, -0.05) is 0 Å². The van der Waals surface area contributed by atoms with E-state index in [-0.39, 0.29) is 31.0 Å². The minimum absolute atomic E-state index is 0.0111. The summed E-state index contributed by atoms with van der Waals surface area (Å²) in [7, 11) is 0. The molecule has 0 aliphatic heterocycles. The highest BCUT2D eigenvalue weighted by Gasteiger charge is 2.41. The molecule has 0 aromatic rings. The second-order valence-electron chi connectivity index (χ2n) is 4.67. The van der Waals surface area contributed by atoms with Crippen LogP contribution in [-0.2, 0) is 9.53 Å². The second kappa shape index (κ2) is 6.38. The average Bonchev–Trinajstić information content (AvgIpc) is 3.02. The van der Waals surface area contributed by atoms with Crippen LogP contribution in [0.1, 0.15) is 25.7 Å². The highest BCUT2D eigenvalue weighted by atomic mass is 19.4. The molecule has 1 amide bonds. The van der Waals surface area contributed by atoms with Crippen LogP contribution in [0.4, 0.5) is 13.2 Å². The first-order chi connectivity index (χ1) is 8.37. The molecule has 106 valence electrons. The van der Waals surface area contributed by atoms with E-state index in [2.05, 4.69) is 10.1 Å². The number of aliphatic hydroxyl groups excluding tert-OH is 1. The number of ether oxygens (including phenoxy) is 1. The normalized spacial score (nSPS) is 17.6. The van der Waals surface area contributed by atoms with Gasteiger partial charge in [-0.2, -0.15) is 13.2 Å². The summed E-state index contributed by atoms with van der Waals surface area (Å²) in [5, 5.41) is 11.5. The zero-order valence-electron chi connectivity index (χ0n) is 10.1. The number of carbonyl (C=O) groups is 1. The molecule has 2 N–H and O–H groups in total. The van der Waals surface area contributed by atoms with E-state index in [0.29, 0.717) is 13.0 Å². The quantitative estimate of drug-likeness (QED) is 0.652. The van der Waals surface area contributed by atoms with Gasteiger partial charge in [0.25, 0.3) is 0 Å². The van der Waals surface area contributed by atoms with Crippen molar-refractivity contribution in [1.82, 2.24) is 5.32 Å².